The summed E-state index contributed by atoms with van der Waals surface area (Å²) in [6.07, 6.45) is 6.27. The number of aliphatic carboxylic acids is 1. The molecule has 0 heterocycles. The van der Waals surface area contributed by atoms with Crippen LogP contribution in [0, 0.1) is 0 Å². The number of benzene rings is 4. The maximum absolute atomic E-state index is 13.9. The normalized spacial score (nSPS) is 13.8. The van der Waals surface area contributed by atoms with Crippen molar-refractivity contribution >= 4 is 34.6 Å². The van der Waals surface area contributed by atoms with Crippen LogP contribution in [0.5, 0.6) is 0 Å². The van der Waals surface area contributed by atoms with Crippen LogP contribution in [-0.2, 0) is 4.79 Å². The van der Waals surface area contributed by atoms with Crippen LogP contribution in [0.15, 0.2) is 115 Å². The largest absolute Gasteiger partial charge is 0.479 e. The number of carboxylic acids is 1. The van der Waals surface area contributed by atoms with E-state index < -0.39 is 24.5 Å². The number of Topliss-reactive ketones (excluding diaryl/α,β-unsaturated/α-hetero) is 1. The first kappa shape index (κ1) is 31.0. The molecule has 3 N–H and O–H groups in total. The van der Waals surface area contributed by atoms with Gasteiger partial charge in [0.1, 0.15) is 0 Å². The van der Waals surface area contributed by atoms with Gasteiger partial charge in [0.15, 0.2) is 17.7 Å². The Kier molecular flexibility index (Phi) is 9.92. The van der Waals surface area contributed by atoms with E-state index in [-0.39, 0.29) is 28.3 Å². The number of nitrogens with one attached hydrogen (secondary N) is 1. The monoisotopic (exact) mass is 599 g/mol. The molecule has 4 aromatic rings. The Morgan fingerprint density at radius 3 is 1.89 bits per heavy atom. The Labute approximate surface area is 261 Å². The van der Waals surface area contributed by atoms with E-state index in [1.54, 1.807) is 12.1 Å². The third-order valence-corrected chi connectivity index (χ3v) is 7.80. The quantitative estimate of drug-likeness (QED) is 0.131. The Balaban J connectivity index is 1.42. The van der Waals surface area contributed by atoms with Gasteiger partial charge in [0.05, 0.1) is 6.54 Å². The Morgan fingerprint density at radius 2 is 1.27 bits per heavy atom. The molecule has 0 fully saturated rings. The molecule has 0 bridgehead atoms. The Morgan fingerprint density at radius 1 is 0.689 bits per heavy atom. The smallest absolute Gasteiger partial charge is 0.334 e. The SMILES string of the molecule is O=C(/C=C(/C(=O)c1ccc(C(=O)NCC(O)C(=O)O)cc1)c1ccc(C2=CCCCC2)cc1)c1ccc(-c2ccccc2)cc1. The number of allylic oxidation sites excluding steroid dienone is 4. The number of aliphatic hydroxyl groups excluding tert-OH is 1. The first-order valence-electron chi connectivity index (χ1n) is 14.9. The standard InChI is InChI=1S/C38H33NO6/c40-34(30-17-13-28(14-18-30)26-9-5-2-6-10-26)23-33(29-15-11-27(12-16-29)25-7-3-1-4-8-25)36(42)31-19-21-32(22-20-31)37(43)39-24-35(41)38(44)45/h2,5-7,9-23,35,41H,1,3-4,8,24H2,(H,39,43)(H,44,45)/b33-23+. The van der Waals surface area contributed by atoms with Crippen LogP contribution in [0.25, 0.3) is 22.3 Å². The molecule has 5 rings (SSSR count). The van der Waals surface area contributed by atoms with E-state index in [0.29, 0.717) is 11.1 Å². The highest BCUT2D eigenvalue weighted by Gasteiger charge is 2.19. The van der Waals surface area contributed by atoms with Crippen LogP contribution in [-0.4, -0.2) is 46.3 Å². The van der Waals surface area contributed by atoms with E-state index >= 15 is 0 Å². The highest BCUT2D eigenvalue weighted by molar-refractivity contribution is 6.32. The minimum atomic E-state index is -1.73. The zero-order valence-electron chi connectivity index (χ0n) is 24.6. The number of rotatable bonds is 11. The summed E-state index contributed by atoms with van der Waals surface area (Å²) >= 11 is 0. The lowest BCUT2D eigenvalue weighted by Crippen LogP contribution is -2.36. The number of hydrogen-bond donors (Lipinski definition) is 3. The van der Waals surface area contributed by atoms with E-state index in [4.69, 9.17) is 5.11 Å². The fourth-order valence-corrected chi connectivity index (χ4v) is 5.22. The Hall–Kier alpha value is -5.40. The van der Waals surface area contributed by atoms with Crippen LogP contribution in [0.4, 0.5) is 0 Å². The van der Waals surface area contributed by atoms with Crippen molar-refractivity contribution in [3.05, 3.63) is 143 Å². The minimum Gasteiger partial charge on any atom is -0.479 e. The van der Waals surface area contributed by atoms with Gasteiger partial charge in [-0.3, -0.25) is 14.4 Å². The van der Waals surface area contributed by atoms with E-state index in [2.05, 4.69) is 11.4 Å². The number of carbonyl (C=O) groups is 4. The predicted octanol–water partition coefficient (Wildman–Crippen LogP) is 6.64. The van der Waals surface area contributed by atoms with Crippen LogP contribution in [0.3, 0.4) is 0 Å². The van der Waals surface area contributed by atoms with E-state index in [1.807, 2.05) is 66.7 Å². The molecule has 1 aliphatic carbocycles. The molecule has 7 nitrogen and oxygen atoms in total. The number of ketones is 2. The molecule has 226 valence electrons. The topological polar surface area (TPSA) is 121 Å². The molecule has 45 heavy (non-hydrogen) atoms. The second kappa shape index (κ2) is 14.4. The van der Waals surface area contributed by atoms with Gasteiger partial charge in [0.25, 0.3) is 5.91 Å². The van der Waals surface area contributed by atoms with Gasteiger partial charge < -0.3 is 15.5 Å². The number of hydrogen-bond acceptors (Lipinski definition) is 5. The molecule has 1 aliphatic rings. The highest BCUT2D eigenvalue weighted by atomic mass is 16.4. The van der Waals surface area contributed by atoms with Crippen molar-refractivity contribution in [3.63, 3.8) is 0 Å². The highest BCUT2D eigenvalue weighted by Crippen LogP contribution is 2.29. The third kappa shape index (κ3) is 7.77. The number of carbonyl (C=O) groups excluding carboxylic acids is 3. The van der Waals surface area contributed by atoms with Gasteiger partial charge in [-0.25, -0.2) is 4.79 Å². The summed E-state index contributed by atoms with van der Waals surface area (Å²) < 4.78 is 0. The van der Waals surface area contributed by atoms with Gasteiger partial charge >= 0.3 is 5.97 Å². The van der Waals surface area contributed by atoms with E-state index in [0.717, 1.165) is 36.0 Å². The second-order valence-electron chi connectivity index (χ2n) is 10.9. The summed E-state index contributed by atoms with van der Waals surface area (Å²) in [5, 5.41) is 20.6. The molecular weight excluding hydrogens is 566 g/mol. The van der Waals surface area contributed by atoms with Crippen molar-refractivity contribution in [2.24, 2.45) is 0 Å². The van der Waals surface area contributed by atoms with Crippen molar-refractivity contribution in [3.8, 4) is 11.1 Å². The molecule has 0 spiro atoms. The molecule has 0 radical (unpaired) electrons. The van der Waals surface area contributed by atoms with Gasteiger partial charge in [-0.15, -0.1) is 0 Å². The lowest BCUT2D eigenvalue weighted by atomic mass is 9.90. The molecule has 4 aromatic carbocycles. The lowest BCUT2D eigenvalue weighted by molar-refractivity contribution is -0.146. The molecule has 0 aliphatic heterocycles. The molecule has 0 saturated carbocycles. The molecule has 1 atom stereocenters. The number of aliphatic hydroxyl groups is 1. The zero-order chi connectivity index (χ0) is 31.8. The Bertz CT molecular complexity index is 1750. The summed E-state index contributed by atoms with van der Waals surface area (Å²) in [6, 6.07) is 30.6. The van der Waals surface area contributed by atoms with Gasteiger partial charge in [0, 0.05) is 22.3 Å². The van der Waals surface area contributed by atoms with Gasteiger partial charge in [-0.2, -0.15) is 0 Å². The molecule has 0 saturated heterocycles. The van der Waals surface area contributed by atoms with Crippen molar-refractivity contribution in [1.82, 2.24) is 5.32 Å². The fourth-order valence-electron chi connectivity index (χ4n) is 5.22. The average Bonchev–Trinajstić information content (AvgIpc) is 3.10. The number of amides is 1. The van der Waals surface area contributed by atoms with Crippen LogP contribution in [0.2, 0.25) is 0 Å². The van der Waals surface area contributed by atoms with Crippen molar-refractivity contribution in [2.45, 2.75) is 31.8 Å². The fraction of sp³-hybridized carbons (Fsp3) is 0.158. The van der Waals surface area contributed by atoms with Crippen molar-refractivity contribution in [1.29, 1.82) is 0 Å². The first-order valence-corrected chi connectivity index (χ1v) is 14.9. The first-order chi connectivity index (χ1) is 21.8. The van der Waals surface area contributed by atoms with Crippen LogP contribution < -0.4 is 5.32 Å². The van der Waals surface area contributed by atoms with Crippen molar-refractivity contribution in [2.75, 3.05) is 6.54 Å². The lowest BCUT2D eigenvalue weighted by Gasteiger charge is -2.14. The summed E-state index contributed by atoms with van der Waals surface area (Å²) in [5.41, 5.74) is 6.11. The molecule has 0 aromatic heterocycles. The van der Waals surface area contributed by atoms with E-state index in [1.165, 1.54) is 42.3 Å². The maximum atomic E-state index is 13.9. The summed E-state index contributed by atoms with van der Waals surface area (Å²) in [6.45, 7) is -0.455. The summed E-state index contributed by atoms with van der Waals surface area (Å²) in [7, 11) is 0. The van der Waals surface area contributed by atoms with Crippen LogP contribution >= 0.6 is 0 Å². The average molecular weight is 600 g/mol. The maximum Gasteiger partial charge on any atom is 0.334 e. The van der Waals surface area contributed by atoms with Gasteiger partial charge in [-0.05, 0) is 71.7 Å². The van der Waals surface area contributed by atoms with Gasteiger partial charge in [-0.1, -0.05) is 97.1 Å². The summed E-state index contributed by atoms with van der Waals surface area (Å²) in [4.78, 5) is 50.6. The van der Waals surface area contributed by atoms with Crippen molar-refractivity contribution < 1.29 is 29.4 Å². The summed E-state index contributed by atoms with van der Waals surface area (Å²) in [5.74, 6) is -2.74. The molecule has 1 unspecified atom stereocenters. The molecular formula is C38H33NO6. The van der Waals surface area contributed by atoms with Gasteiger partial charge in [0.2, 0.25) is 0 Å². The molecule has 1 amide bonds. The molecule has 7 heteroatoms. The zero-order valence-corrected chi connectivity index (χ0v) is 24.6. The predicted molar refractivity (Wildman–Crippen MR) is 174 cm³/mol. The van der Waals surface area contributed by atoms with E-state index in [9.17, 15) is 24.3 Å². The third-order valence-electron chi connectivity index (χ3n) is 7.80. The second-order valence-corrected chi connectivity index (χ2v) is 10.9. The number of carboxylic acid groups (broad SMARTS) is 1. The van der Waals surface area contributed by atoms with Crippen LogP contribution in [0.1, 0.15) is 67.9 Å². The minimum absolute atomic E-state index is 0.189.